The summed E-state index contributed by atoms with van der Waals surface area (Å²) in [5.74, 6) is 0.799. The quantitative estimate of drug-likeness (QED) is 0.885. The summed E-state index contributed by atoms with van der Waals surface area (Å²) in [5.41, 5.74) is 7.27. The first-order valence-electron chi connectivity index (χ1n) is 7.39. The minimum atomic E-state index is -2.68. The van der Waals surface area contributed by atoms with Crippen molar-refractivity contribution < 1.29 is 8.78 Å². The largest absolute Gasteiger partial charge is 0.368 e. The van der Waals surface area contributed by atoms with Crippen LogP contribution in [0.5, 0.6) is 0 Å². The Balaban J connectivity index is 1.95. The highest BCUT2D eigenvalue weighted by Crippen LogP contribution is 2.27. The third kappa shape index (κ3) is 3.09. The minimum Gasteiger partial charge on any atom is -0.368 e. The van der Waals surface area contributed by atoms with E-state index in [1.54, 1.807) is 13.0 Å². The Bertz CT molecular complexity index is 700. The molecular formula is C14H19F2N7. The van der Waals surface area contributed by atoms with Crippen molar-refractivity contribution in [3.63, 3.8) is 0 Å². The van der Waals surface area contributed by atoms with E-state index in [0.29, 0.717) is 33.5 Å². The zero-order valence-corrected chi connectivity index (χ0v) is 13.0. The van der Waals surface area contributed by atoms with Gasteiger partial charge < -0.3 is 16.0 Å². The van der Waals surface area contributed by atoms with Crippen LogP contribution in [-0.4, -0.2) is 45.9 Å². The Morgan fingerprint density at radius 3 is 2.78 bits per heavy atom. The molecule has 3 heterocycles. The summed E-state index contributed by atoms with van der Waals surface area (Å²) in [5, 5.41) is 7.14. The average molecular weight is 323 g/mol. The normalized spacial score (nSPS) is 18.1. The lowest BCUT2D eigenvalue weighted by Crippen LogP contribution is -2.30. The second-order valence-electron chi connectivity index (χ2n) is 5.61. The first-order chi connectivity index (χ1) is 11.0. The van der Waals surface area contributed by atoms with Gasteiger partial charge in [0.05, 0.1) is 5.69 Å². The van der Waals surface area contributed by atoms with E-state index in [1.807, 2.05) is 7.05 Å². The summed E-state index contributed by atoms with van der Waals surface area (Å²) >= 11 is 0. The Morgan fingerprint density at radius 1 is 1.39 bits per heavy atom. The number of hydrogen-bond donors (Lipinski definition) is 2. The molecule has 0 aromatic carbocycles. The summed E-state index contributed by atoms with van der Waals surface area (Å²) in [6.45, 7) is 0.700. The summed E-state index contributed by atoms with van der Waals surface area (Å²) in [6, 6.07) is 2.15. The van der Waals surface area contributed by atoms with E-state index in [9.17, 15) is 8.78 Å². The fourth-order valence-corrected chi connectivity index (χ4v) is 2.78. The number of rotatable bonds is 4. The number of halogens is 2. The van der Waals surface area contributed by atoms with Crippen LogP contribution < -0.4 is 16.0 Å². The monoisotopic (exact) mass is 323 g/mol. The number of anilines is 2. The molecule has 2 aromatic heterocycles. The molecule has 3 rings (SSSR count). The van der Waals surface area contributed by atoms with E-state index in [2.05, 4.69) is 25.3 Å². The molecule has 124 valence electrons. The van der Waals surface area contributed by atoms with Crippen molar-refractivity contribution in [2.75, 3.05) is 30.8 Å². The Hall–Kier alpha value is -2.29. The van der Waals surface area contributed by atoms with Gasteiger partial charge in [-0.05, 0) is 26.0 Å². The number of likely N-dealkylation sites (N-methyl/N-ethyl adjacent to an activating group) is 1. The zero-order valence-electron chi connectivity index (χ0n) is 13.0. The third-order valence-corrected chi connectivity index (χ3v) is 4.01. The average Bonchev–Trinajstić information content (AvgIpc) is 3.13. The Kier molecular flexibility index (Phi) is 4.12. The van der Waals surface area contributed by atoms with Crippen LogP contribution in [0.3, 0.4) is 0 Å². The number of nitrogens with two attached hydrogens (primary N) is 1. The predicted octanol–water partition coefficient (Wildman–Crippen LogP) is 1.42. The lowest BCUT2D eigenvalue weighted by molar-refractivity contribution is 0.0568. The van der Waals surface area contributed by atoms with Gasteiger partial charge in [0.2, 0.25) is 5.95 Å². The first-order valence-corrected chi connectivity index (χ1v) is 7.39. The molecule has 2 aromatic rings. The van der Waals surface area contributed by atoms with Gasteiger partial charge in [-0.25, -0.2) is 9.67 Å². The van der Waals surface area contributed by atoms with E-state index in [0.717, 1.165) is 19.5 Å². The smallest absolute Gasteiger partial charge is 0.333 e. The number of nitrogens with one attached hydrogen (secondary N) is 1. The van der Waals surface area contributed by atoms with Crippen molar-refractivity contribution in [1.29, 1.82) is 0 Å². The lowest BCUT2D eigenvalue weighted by atomic mass is 10.2. The van der Waals surface area contributed by atoms with Gasteiger partial charge >= 0.3 is 6.55 Å². The number of aryl methyl sites for hydroxylation is 1. The van der Waals surface area contributed by atoms with Crippen LogP contribution in [0.25, 0.3) is 11.4 Å². The van der Waals surface area contributed by atoms with Crippen molar-refractivity contribution in [2.45, 2.75) is 25.9 Å². The molecule has 0 spiro atoms. The van der Waals surface area contributed by atoms with Gasteiger partial charge in [0.25, 0.3) is 0 Å². The first kappa shape index (κ1) is 15.6. The predicted molar refractivity (Wildman–Crippen MR) is 83.3 cm³/mol. The van der Waals surface area contributed by atoms with Crippen LogP contribution >= 0.6 is 0 Å². The van der Waals surface area contributed by atoms with Crippen molar-refractivity contribution in [3.8, 4) is 11.4 Å². The number of hydrogen-bond acceptors (Lipinski definition) is 6. The second kappa shape index (κ2) is 6.07. The zero-order chi connectivity index (χ0) is 16.6. The molecule has 0 saturated carbocycles. The lowest BCUT2D eigenvalue weighted by Gasteiger charge is -2.18. The van der Waals surface area contributed by atoms with Gasteiger partial charge in [-0.15, -0.1) is 0 Å². The van der Waals surface area contributed by atoms with Gasteiger partial charge in [-0.1, -0.05) is 0 Å². The molecule has 1 saturated heterocycles. The van der Waals surface area contributed by atoms with Crippen molar-refractivity contribution in [2.24, 2.45) is 0 Å². The number of nitrogens with zero attached hydrogens (tertiary/aromatic N) is 5. The van der Waals surface area contributed by atoms with E-state index in [4.69, 9.17) is 5.73 Å². The third-order valence-electron chi connectivity index (χ3n) is 4.01. The molecule has 1 aliphatic rings. The van der Waals surface area contributed by atoms with Crippen LogP contribution in [0, 0.1) is 6.92 Å². The molecule has 1 fully saturated rings. The summed E-state index contributed by atoms with van der Waals surface area (Å²) in [4.78, 5) is 10.5. The molecular weight excluding hydrogens is 304 g/mol. The van der Waals surface area contributed by atoms with Crippen LogP contribution in [0.15, 0.2) is 12.3 Å². The van der Waals surface area contributed by atoms with E-state index >= 15 is 0 Å². The van der Waals surface area contributed by atoms with Crippen LogP contribution in [-0.2, 0) is 0 Å². The number of alkyl halides is 2. The molecule has 1 atom stereocenters. The fourth-order valence-electron chi connectivity index (χ4n) is 2.78. The van der Waals surface area contributed by atoms with Gasteiger partial charge in [0.1, 0.15) is 11.5 Å². The Morgan fingerprint density at radius 2 is 2.17 bits per heavy atom. The molecule has 23 heavy (non-hydrogen) atoms. The van der Waals surface area contributed by atoms with Gasteiger partial charge in [0.15, 0.2) is 0 Å². The highest BCUT2D eigenvalue weighted by Gasteiger charge is 2.24. The molecule has 0 aliphatic carbocycles. The number of nitrogen functional groups attached to an aromatic ring is 1. The molecule has 7 nitrogen and oxygen atoms in total. The maximum atomic E-state index is 12.8. The molecule has 0 bridgehead atoms. The Labute approximate surface area is 132 Å². The molecule has 3 N–H and O–H groups in total. The maximum Gasteiger partial charge on any atom is 0.333 e. The molecule has 0 unspecified atom stereocenters. The van der Waals surface area contributed by atoms with Crippen LogP contribution in [0.2, 0.25) is 0 Å². The SMILES string of the molecule is CN[C@@H]1CCN(c2cc(-c3nn(C(F)F)cc3C)nc(N)n2)C1. The van der Waals surface area contributed by atoms with E-state index < -0.39 is 6.55 Å². The van der Waals surface area contributed by atoms with Crippen LogP contribution in [0.1, 0.15) is 18.5 Å². The van der Waals surface area contributed by atoms with E-state index in [-0.39, 0.29) is 5.95 Å². The molecule has 0 radical (unpaired) electrons. The van der Waals surface area contributed by atoms with Gasteiger partial charge in [0, 0.05) is 31.4 Å². The maximum absolute atomic E-state index is 12.8. The van der Waals surface area contributed by atoms with Crippen LogP contribution in [0.4, 0.5) is 20.5 Å². The van der Waals surface area contributed by atoms with Gasteiger partial charge in [-0.3, -0.25) is 0 Å². The second-order valence-corrected chi connectivity index (χ2v) is 5.61. The standard InChI is InChI=1S/C14H19F2N7/c1-8-6-23(13(15)16)21-12(8)10-5-11(20-14(17)19-10)22-4-3-9(7-22)18-2/h5-6,9,13,18H,3-4,7H2,1-2H3,(H2,17,19,20)/t9-/m1/s1. The molecule has 9 heteroatoms. The molecule has 1 aliphatic heterocycles. The van der Waals surface area contributed by atoms with Gasteiger partial charge in [-0.2, -0.15) is 18.9 Å². The minimum absolute atomic E-state index is 0.108. The number of aromatic nitrogens is 4. The topological polar surface area (TPSA) is 84.9 Å². The van der Waals surface area contributed by atoms with Crippen molar-refractivity contribution in [3.05, 3.63) is 17.8 Å². The van der Waals surface area contributed by atoms with Crippen molar-refractivity contribution >= 4 is 11.8 Å². The summed E-state index contributed by atoms with van der Waals surface area (Å²) < 4.78 is 26.2. The summed E-state index contributed by atoms with van der Waals surface area (Å²) in [7, 11) is 1.92. The highest BCUT2D eigenvalue weighted by molar-refractivity contribution is 5.64. The highest BCUT2D eigenvalue weighted by atomic mass is 19.3. The van der Waals surface area contributed by atoms with Crippen molar-refractivity contribution in [1.82, 2.24) is 25.1 Å². The summed E-state index contributed by atoms with van der Waals surface area (Å²) in [6.07, 6.45) is 2.31. The van der Waals surface area contributed by atoms with E-state index in [1.165, 1.54) is 6.20 Å². The molecule has 0 amide bonds. The fraction of sp³-hybridized carbons (Fsp3) is 0.500.